The van der Waals surface area contributed by atoms with E-state index in [4.69, 9.17) is 0 Å². The molecule has 1 rings (SSSR count). The number of rotatable bonds is 5. The molecule has 2 atom stereocenters. The summed E-state index contributed by atoms with van der Waals surface area (Å²) < 4.78 is 0. The normalized spacial score (nSPS) is 25.2. The number of nitrogens with one attached hydrogen (secondary N) is 2. The van der Waals surface area contributed by atoms with E-state index in [1.807, 2.05) is 0 Å². The van der Waals surface area contributed by atoms with Crippen LogP contribution < -0.4 is 10.6 Å². The van der Waals surface area contributed by atoms with E-state index in [9.17, 15) is 4.79 Å². The van der Waals surface area contributed by atoms with Crippen LogP contribution in [-0.2, 0) is 4.79 Å². The summed E-state index contributed by atoms with van der Waals surface area (Å²) >= 11 is 0. The van der Waals surface area contributed by atoms with Gasteiger partial charge in [0.25, 0.3) is 0 Å². The Morgan fingerprint density at radius 3 is 2.67 bits per heavy atom. The molecule has 2 unspecified atom stereocenters. The van der Waals surface area contributed by atoms with Crippen molar-refractivity contribution in [1.82, 2.24) is 15.5 Å². The zero-order valence-electron chi connectivity index (χ0n) is 12.5. The van der Waals surface area contributed by atoms with Crippen LogP contribution in [0.3, 0.4) is 0 Å². The first kappa shape index (κ1) is 15.4. The van der Waals surface area contributed by atoms with Gasteiger partial charge in [0.15, 0.2) is 0 Å². The lowest BCUT2D eigenvalue weighted by Crippen LogP contribution is -2.50. The molecular weight excluding hydrogens is 226 g/mol. The van der Waals surface area contributed by atoms with E-state index in [-0.39, 0.29) is 17.4 Å². The molecule has 1 saturated heterocycles. The quantitative estimate of drug-likeness (QED) is 0.772. The van der Waals surface area contributed by atoms with Crippen LogP contribution >= 0.6 is 0 Å². The molecule has 1 aliphatic heterocycles. The molecule has 18 heavy (non-hydrogen) atoms. The molecule has 1 fully saturated rings. The summed E-state index contributed by atoms with van der Waals surface area (Å²) in [6.07, 6.45) is 2.13. The van der Waals surface area contributed by atoms with Gasteiger partial charge in [-0.1, -0.05) is 20.8 Å². The highest BCUT2D eigenvalue weighted by Gasteiger charge is 2.26. The molecule has 0 aromatic rings. The maximum Gasteiger partial charge on any atom is 0.237 e. The van der Waals surface area contributed by atoms with Gasteiger partial charge < -0.3 is 15.5 Å². The predicted molar refractivity (Wildman–Crippen MR) is 75.5 cm³/mol. The van der Waals surface area contributed by atoms with E-state index < -0.39 is 0 Å². The van der Waals surface area contributed by atoms with Crippen molar-refractivity contribution < 1.29 is 4.79 Å². The van der Waals surface area contributed by atoms with Crippen molar-refractivity contribution in [2.24, 2.45) is 11.3 Å². The number of piperidine rings is 1. The summed E-state index contributed by atoms with van der Waals surface area (Å²) in [6.45, 7) is 9.25. The molecule has 2 N–H and O–H groups in total. The zero-order valence-corrected chi connectivity index (χ0v) is 12.5. The second-order valence-corrected chi connectivity index (χ2v) is 6.76. The Labute approximate surface area is 111 Å². The minimum atomic E-state index is 0.00362. The van der Waals surface area contributed by atoms with Crippen LogP contribution in [0.5, 0.6) is 0 Å². The van der Waals surface area contributed by atoms with Crippen LogP contribution in [0.2, 0.25) is 0 Å². The second-order valence-electron chi connectivity index (χ2n) is 6.76. The first-order valence-corrected chi connectivity index (χ1v) is 6.96. The molecule has 0 radical (unpaired) electrons. The zero-order chi connectivity index (χ0) is 13.8. The Hall–Kier alpha value is -0.610. The van der Waals surface area contributed by atoms with Crippen molar-refractivity contribution in [2.45, 2.75) is 39.7 Å². The monoisotopic (exact) mass is 255 g/mol. The topological polar surface area (TPSA) is 44.4 Å². The van der Waals surface area contributed by atoms with Gasteiger partial charge in [0.1, 0.15) is 0 Å². The minimum Gasteiger partial charge on any atom is -0.354 e. The second kappa shape index (κ2) is 6.53. The SMILES string of the molecule is CC1CCNC(C(=O)NCC(C)(C)CN(C)C)C1. The Morgan fingerprint density at radius 2 is 2.11 bits per heavy atom. The van der Waals surface area contributed by atoms with Crippen LogP contribution in [0.15, 0.2) is 0 Å². The fraction of sp³-hybridized carbons (Fsp3) is 0.929. The molecule has 0 saturated carbocycles. The molecule has 0 bridgehead atoms. The maximum atomic E-state index is 12.1. The lowest BCUT2D eigenvalue weighted by atomic mass is 9.91. The summed E-state index contributed by atoms with van der Waals surface area (Å²) in [7, 11) is 4.13. The fourth-order valence-corrected chi connectivity index (χ4v) is 2.67. The molecule has 4 nitrogen and oxygen atoms in total. The van der Waals surface area contributed by atoms with Gasteiger partial charge in [0.2, 0.25) is 5.91 Å². The van der Waals surface area contributed by atoms with E-state index in [0.29, 0.717) is 5.92 Å². The van der Waals surface area contributed by atoms with Crippen LogP contribution in [0.25, 0.3) is 0 Å². The lowest BCUT2D eigenvalue weighted by Gasteiger charge is -2.31. The highest BCUT2D eigenvalue weighted by Crippen LogP contribution is 2.17. The Bertz CT molecular complexity index is 276. The van der Waals surface area contributed by atoms with Crippen LogP contribution in [0.4, 0.5) is 0 Å². The first-order chi connectivity index (χ1) is 8.30. The molecular formula is C14H29N3O. The molecule has 1 amide bonds. The van der Waals surface area contributed by atoms with Crippen LogP contribution in [0.1, 0.15) is 33.6 Å². The maximum absolute atomic E-state index is 12.1. The van der Waals surface area contributed by atoms with Gasteiger partial charge in [-0.15, -0.1) is 0 Å². The molecule has 106 valence electrons. The van der Waals surface area contributed by atoms with E-state index >= 15 is 0 Å². The molecule has 0 aromatic carbocycles. The smallest absolute Gasteiger partial charge is 0.237 e. The molecule has 0 aromatic heterocycles. The molecule has 0 aliphatic carbocycles. The van der Waals surface area contributed by atoms with Gasteiger partial charge in [-0.3, -0.25) is 4.79 Å². The first-order valence-electron chi connectivity index (χ1n) is 6.96. The largest absolute Gasteiger partial charge is 0.354 e. The Morgan fingerprint density at radius 1 is 1.44 bits per heavy atom. The summed E-state index contributed by atoms with van der Waals surface area (Å²) in [5.41, 5.74) is 0.111. The van der Waals surface area contributed by atoms with Crippen LogP contribution in [0, 0.1) is 11.3 Å². The average Bonchev–Trinajstić information content (AvgIpc) is 2.24. The fourth-order valence-electron chi connectivity index (χ4n) is 2.67. The molecule has 1 aliphatic rings. The van der Waals surface area contributed by atoms with Gasteiger partial charge in [-0.2, -0.15) is 0 Å². The molecule has 0 spiro atoms. The Balaban J connectivity index is 2.36. The number of amides is 1. The van der Waals surface area contributed by atoms with Gasteiger partial charge in [0, 0.05) is 13.1 Å². The summed E-state index contributed by atoms with van der Waals surface area (Å²) in [5, 5.41) is 6.39. The summed E-state index contributed by atoms with van der Waals surface area (Å²) in [6, 6.07) is 0.00362. The van der Waals surface area contributed by atoms with Crippen molar-refractivity contribution in [3.05, 3.63) is 0 Å². The van der Waals surface area contributed by atoms with Gasteiger partial charge in [0.05, 0.1) is 6.04 Å². The standard InChI is InChI=1S/C14H29N3O/c1-11-6-7-15-12(8-11)13(18)16-9-14(2,3)10-17(4)5/h11-12,15H,6-10H2,1-5H3,(H,16,18). The van der Waals surface area contributed by atoms with E-state index in [1.165, 1.54) is 6.42 Å². The highest BCUT2D eigenvalue weighted by molar-refractivity contribution is 5.81. The van der Waals surface area contributed by atoms with Crippen molar-refractivity contribution in [3.63, 3.8) is 0 Å². The summed E-state index contributed by atoms with van der Waals surface area (Å²) in [4.78, 5) is 14.2. The van der Waals surface area contributed by atoms with E-state index in [1.54, 1.807) is 0 Å². The average molecular weight is 255 g/mol. The number of carbonyl (C=O) groups excluding carboxylic acids is 1. The van der Waals surface area contributed by atoms with Crippen molar-refractivity contribution in [1.29, 1.82) is 0 Å². The predicted octanol–water partition coefficient (Wildman–Crippen LogP) is 1.08. The number of nitrogens with zero attached hydrogens (tertiary/aromatic N) is 1. The lowest BCUT2D eigenvalue weighted by molar-refractivity contribution is -0.124. The number of hydrogen-bond acceptors (Lipinski definition) is 3. The van der Waals surface area contributed by atoms with E-state index in [0.717, 1.165) is 26.1 Å². The highest BCUT2D eigenvalue weighted by atomic mass is 16.2. The van der Waals surface area contributed by atoms with E-state index in [2.05, 4.69) is 50.4 Å². The molecule has 1 heterocycles. The minimum absolute atomic E-state index is 0.00362. The third-order valence-corrected chi connectivity index (χ3v) is 3.47. The van der Waals surface area contributed by atoms with Crippen LogP contribution in [-0.4, -0.2) is 50.6 Å². The number of hydrogen-bond donors (Lipinski definition) is 2. The third-order valence-electron chi connectivity index (χ3n) is 3.47. The van der Waals surface area contributed by atoms with Crippen molar-refractivity contribution in [2.75, 3.05) is 33.7 Å². The Kier molecular flexibility index (Phi) is 5.60. The third kappa shape index (κ3) is 5.36. The van der Waals surface area contributed by atoms with Gasteiger partial charge in [-0.25, -0.2) is 0 Å². The van der Waals surface area contributed by atoms with Crippen molar-refractivity contribution in [3.8, 4) is 0 Å². The van der Waals surface area contributed by atoms with Gasteiger partial charge in [-0.05, 0) is 44.8 Å². The molecule has 4 heteroatoms. The van der Waals surface area contributed by atoms with Crippen molar-refractivity contribution >= 4 is 5.91 Å². The number of carbonyl (C=O) groups is 1. The summed E-state index contributed by atoms with van der Waals surface area (Å²) in [5.74, 6) is 0.810. The van der Waals surface area contributed by atoms with Gasteiger partial charge >= 0.3 is 0 Å².